The lowest BCUT2D eigenvalue weighted by atomic mass is 10.2. The molecule has 0 saturated carbocycles. The van der Waals surface area contributed by atoms with Crippen molar-refractivity contribution in [1.29, 1.82) is 0 Å². The highest BCUT2D eigenvalue weighted by molar-refractivity contribution is 7.15. The minimum atomic E-state index is 0.918. The summed E-state index contributed by atoms with van der Waals surface area (Å²) in [6.07, 6.45) is 5.88. The maximum Gasteiger partial charge on any atom is 0.142 e. The van der Waals surface area contributed by atoms with Gasteiger partial charge in [0.05, 0.1) is 23.9 Å². The van der Waals surface area contributed by atoms with E-state index in [0.29, 0.717) is 0 Å². The zero-order valence-electron chi connectivity index (χ0n) is 11.2. The topological polar surface area (TPSA) is 42.7 Å². The lowest BCUT2D eigenvalue weighted by Crippen LogP contribution is -2.11. The summed E-state index contributed by atoms with van der Waals surface area (Å²) < 4.78 is 2.02. The molecule has 0 aliphatic heterocycles. The summed E-state index contributed by atoms with van der Waals surface area (Å²) in [6, 6.07) is 0. The zero-order valence-corrected chi connectivity index (χ0v) is 12.0. The molecule has 98 valence electrons. The van der Waals surface area contributed by atoms with Gasteiger partial charge in [-0.25, -0.2) is 9.97 Å². The smallest absolute Gasteiger partial charge is 0.142 e. The van der Waals surface area contributed by atoms with Gasteiger partial charge in [-0.05, 0) is 13.0 Å². The van der Waals surface area contributed by atoms with Crippen LogP contribution in [0.1, 0.15) is 30.8 Å². The Morgan fingerprint density at radius 2 is 2.22 bits per heavy atom. The monoisotopic (exact) mass is 264 g/mol. The van der Waals surface area contributed by atoms with Crippen molar-refractivity contribution in [2.75, 3.05) is 6.54 Å². The number of aryl methyl sites for hydroxylation is 2. The number of imidazole rings is 1. The third-order valence-corrected chi connectivity index (χ3v) is 3.96. The molecule has 0 aromatic carbocycles. The minimum absolute atomic E-state index is 0.918. The van der Waals surface area contributed by atoms with Crippen LogP contribution in [-0.2, 0) is 20.0 Å². The molecule has 5 heteroatoms. The largest absolute Gasteiger partial charge is 0.332 e. The van der Waals surface area contributed by atoms with E-state index in [1.165, 1.54) is 10.6 Å². The van der Waals surface area contributed by atoms with Crippen LogP contribution < -0.4 is 5.32 Å². The minimum Gasteiger partial charge on any atom is -0.332 e. The van der Waals surface area contributed by atoms with Gasteiger partial charge in [0.1, 0.15) is 5.01 Å². The summed E-state index contributed by atoms with van der Waals surface area (Å²) >= 11 is 1.78. The van der Waals surface area contributed by atoms with Gasteiger partial charge >= 0.3 is 0 Å². The Kier molecular flexibility index (Phi) is 4.49. The van der Waals surface area contributed by atoms with Gasteiger partial charge in [-0.2, -0.15) is 0 Å². The van der Waals surface area contributed by atoms with Crippen molar-refractivity contribution in [2.45, 2.75) is 33.2 Å². The summed E-state index contributed by atoms with van der Waals surface area (Å²) in [5, 5.41) is 4.46. The van der Waals surface area contributed by atoms with Crippen molar-refractivity contribution in [3.05, 3.63) is 23.1 Å². The van der Waals surface area contributed by atoms with Gasteiger partial charge in [-0.1, -0.05) is 20.3 Å². The molecule has 0 bridgehead atoms. The highest BCUT2D eigenvalue weighted by Crippen LogP contribution is 2.28. The molecule has 2 rings (SSSR count). The molecular weight excluding hydrogens is 244 g/mol. The summed E-state index contributed by atoms with van der Waals surface area (Å²) in [5.41, 5.74) is 2.33. The number of rotatable bonds is 6. The third-order valence-electron chi connectivity index (χ3n) is 2.84. The van der Waals surface area contributed by atoms with Crippen LogP contribution in [0.4, 0.5) is 0 Å². The maximum absolute atomic E-state index is 4.77. The fourth-order valence-corrected chi connectivity index (χ4v) is 3.00. The standard InChI is InChI=1S/C13H20N4S/c1-4-6-10-12(8-14-5-2)18-13(16-10)11-7-15-9-17(11)3/h7,9,14H,4-6,8H2,1-3H3. The van der Waals surface area contributed by atoms with Crippen LogP contribution in [-0.4, -0.2) is 21.1 Å². The molecule has 0 fully saturated rings. The average Bonchev–Trinajstić information content (AvgIpc) is 2.94. The molecule has 0 radical (unpaired) electrons. The molecule has 0 saturated heterocycles. The molecule has 0 spiro atoms. The predicted molar refractivity (Wildman–Crippen MR) is 75.7 cm³/mol. The SMILES string of the molecule is CCCc1nc(-c2cncn2C)sc1CNCC. The molecule has 0 amide bonds. The summed E-state index contributed by atoms with van der Waals surface area (Å²) in [5.74, 6) is 0. The summed E-state index contributed by atoms with van der Waals surface area (Å²) in [7, 11) is 2.01. The van der Waals surface area contributed by atoms with E-state index in [9.17, 15) is 0 Å². The van der Waals surface area contributed by atoms with Gasteiger partial charge in [0, 0.05) is 18.5 Å². The second-order valence-corrected chi connectivity index (χ2v) is 5.39. The number of nitrogens with one attached hydrogen (secondary N) is 1. The van der Waals surface area contributed by atoms with E-state index in [0.717, 1.165) is 36.6 Å². The van der Waals surface area contributed by atoms with Crippen LogP contribution in [0.25, 0.3) is 10.7 Å². The second-order valence-electron chi connectivity index (χ2n) is 4.31. The fraction of sp³-hybridized carbons (Fsp3) is 0.538. The van der Waals surface area contributed by atoms with Gasteiger partial charge in [0.2, 0.25) is 0 Å². The first-order chi connectivity index (χ1) is 8.76. The van der Waals surface area contributed by atoms with Crippen LogP contribution in [0.3, 0.4) is 0 Å². The van der Waals surface area contributed by atoms with Gasteiger partial charge in [0.15, 0.2) is 0 Å². The first-order valence-electron chi connectivity index (χ1n) is 6.42. The van der Waals surface area contributed by atoms with E-state index in [1.54, 1.807) is 11.3 Å². The number of thiazole rings is 1. The lowest BCUT2D eigenvalue weighted by molar-refractivity contribution is 0.723. The van der Waals surface area contributed by atoms with Crippen molar-refractivity contribution < 1.29 is 0 Å². The Bertz CT molecular complexity index is 501. The Balaban J connectivity index is 2.29. The van der Waals surface area contributed by atoms with Crippen LogP contribution in [0.5, 0.6) is 0 Å². The van der Waals surface area contributed by atoms with Gasteiger partial charge in [-0.3, -0.25) is 0 Å². The van der Waals surface area contributed by atoms with E-state index in [2.05, 4.69) is 24.1 Å². The fourth-order valence-electron chi connectivity index (χ4n) is 1.86. The lowest BCUT2D eigenvalue weighted by Gasteiger charge is -2.00. The molecule has 2 heterocycles. The number of hydrogen-bond donors (Lipinski definition) is 1. The van der Waals surface area contributed by atoms with Crippen molar-refractivity contribution in [2.24, 2.45) is 7.05 Å². The quantitative estimate of drug-likeness (QED) is 0.872. The highest BCUT2D eigenvalue weighted by atomic mass is 32.1. The zero-order chi connectivity index (χ0) is 13.0. The van der Waals surface area contributed by atoms with Gasteiger partial charge in [0.25, 0.3) is 0 Å². The van der Waals surface area contributed by atoms with Crippen LogP contribution in [0.15, 0.2) is 12.5 Å². The summed E-state index contributed by atoms with van der Waals surface area (Å²) in [6.45, 7) is 6.23. The Hall–Kier alpha value is -1.20. The van der Waals surface area contributed by atoms with E-state index in [-0.39, 0.29) is 0 Å². The van der Waals surface area contributed by atoms with Crippen molar-refractivity contribution >= 4 is 11.3 Å². The van der Waals surface area contributed by atoms with Crippen molar-refractivity contribution in [3.8, 4) is 10.7 Å². The number of hydrogen-bond acceptors (Lipinski definition) is 4. The van der Waals surface area contributed by atoms with Crippen LogP contribution in [0.2, 0.25) is 0 Å². The van der Waals surface area contributed by atoms with Crippen LogP contribution >= 0.6 is 11.3 Å². The first-order valence-corrected chi connectivity index (χ1v) is 7.23. The predicted octanol–water partition coefficient (Wildman–Crippen LogP) is 2.61. The molecular formula is C13H20N4S. The third kappa shape index (κ3) is 2.79. The van der Waals surface area contributed by atoms with Gasteiger partial charge < -0.3 is 9.88 Å². The molecule has 0 atom stereocenters. The molecule has 1 N–H and O–H groups in total. The molecule has 0 unspecified atom stereocenters. The molecule has 4 nitrogen and oxygen atoms in total. The van der Waals surface area contributed by atoms with E-state index >= 15 is 0 Å². The normalized spacial score (nSPS) is 11.1. The van der Waals surface area contributed by atoms with Gasteiger partial charge in [-0.15, -0.1) is 11.3 Å². The Morgan fingerprint density at radius 1 is 1.39 bits per heavy atom. The average molecular weight is 264 g/mol. The molecule has 2 aromatic heterocycles. The second kappa shape index (κ2) is 6.11. The van der Waals surface area contributed by atoms with Crippen LogP contribution in [0, 0.1) is 0 Å². The van der Waals surface area contributed by atoms with E-state index < -0.39 is 0 Å². The molecule has 0 aliphatic carbocycles. The van der Waals surface area contributed by atoms with Crippen molar-refractivity contribution in [3.63, 3.8) is 0 Å². The number of nitrogens with zero attached hydrogens (tertiary/aromatic N) is 3. The Morgan fingerprint density at radius 3 is 2.83 bits per heavy atom. The first kappa shape index (κ1) is 13.2. The van der Waals surface area contributed by atoms with E-state index in [4.69, 9.17) is 4.98 Å². The summed E-state index contributed by atoms with van der Waals surface area (Å²) in [4.78, 5) is 10.3. The van der Waals surface area contributed by atoms with Crippen molar-refractivity contribution in [1.82, 2.24) is 19.9 Å². The number of aromatic nitrogens is 3. The molecule has 0 aliphatic rings. The highest BCUT2D eigenvalue weighted by Gasteiger charge is 2.13. The molecule has 18 heavy (non-hydrogen) atoms. The molecule has 2 aromatic rings. The maximum atomic E-state index is 4.77. The van der Waals surface area contributed by atoms with E-state index in [1.807, 2.05) is 24.1 Å². The Labute approximate surface area is 112 Å².